The lowest BCUT2D eigenvalue weighted by atomic mass is 10.2. The van der Waals surface area contributed by atoms with Gasteiger partial charge in [-0.25, -0.2) is 4.39 Å². The summed E-state index contributed by atoms with van der Waals surface area (Å²) in [6.45, 7) is 2.39. The maximum atomic E-state index is 13.5. The number of nitrogens with zero attached hydrogens (tertiary/aromatic N) is 2. The number of aliphatic hydroxyl groups excluding tert-OH is 1. The van der Waals surface area contributed by atoms with E-state index in [0.717, 1.165) is 6.20 Å². The first kappa shape index (κ1) is 10.3. The molecule has 1 aromatic rings. The number of aliphatic hydroxyl groups is 1. The van der Waals surface area contributed by atoms with E-state index in [1.54, 1.807) is 6.07 Å². The van der Waals surface area contributed by atoms with Gasteiger partial charge in [0.15, 0.2) is 5.82 Å². The molecule has 1 saturated heterocycles. The molecule has 2 rings (SSSR count). The predicted molar refractivity (Wildman–Crippen MR) is 53.1 cm³/mol. The Balaban J connectivity index is 2.24. The highest BCUT2D eigenvalue weighted by atomic mass is 19.1. The Bertz CT molecular complexity index is 340. The van der Waals surface area contributed by atoms with Crippen LogP contribution in [0.15, 0.2) is 12.3 Å². The van der Waals surface area contributed by atoms with E-state index < -0.39 is 0 Å². The van der Waals surface area contributed by atoms with Gasteiger partial charge in [0.05, 0.1) is 37.4 Å². The van der Waals surface area contributed by atoms with Crippen molar-refractivity contribution >= 4 is 5.69 Å². The number of hydrogen-bond donors (Lipinski definition) is 1. The minimum Gasteiger partial charge on any atom is -0.390 e. The quantitative estimate of drug-likeness (QED) is 0.777. The van der Waals surface area contributed by atoms with Crippen LogP contribution in [0.5, 0.6) is 0 Å². The molecule has 5 heteroatoms. The summed E-state index contributed by atoms with van der Waals surface area (Å²) < 4.78 is 18.7. The second-order valence-electron chi connectivity index (χ2n) is 3.38. The topological polar surface area (TPSA) is 45.6 Å². The summed E-state index contributed by atoms with van der Waals surface area (Å²) in [7, 11) is 0. The lowest BCUT2D eigenvalue weighted by molar-refractivity contribution is 0.122. The molecule has 0 spiro atoms. The van der Waals surface area contributed by atoms with Crippen molar-refractivity contribution in [3.8, 4) is 0 Å². The second-order valence-corrected chi connectivity index (χ2v) is 3.38. The average molecular weight is 212 g/mol. The summed E-state index contributed by atoms with van der Waals surface area (Å²) in [6.07, 6.45) is 1.15. The first-order valence-corrected chi connectivity index (χ1v) is 4.89. The number of aromatic nitrogens is 1. The average Bonchev–Trinajstić information content (AvgIpc) is 2.31. The zero-order valence-electron chi connectivity index (χ0n) is 8.32. The third kappa shape index (κ3) is 2.24. The van der Waals surface area contributed by atoms with Crippen LogP contribution in [0, 0.1) is 5.82 Å². The third-order valence-corrected chi connectivity index (χ3v) is 2.41. The summed E-state index contributed by atoms with van der Waals surface area (Å²) >= 11 is 0. The number of ether oxygens (including phenoxy) is 1. The molecule has 2 heterocycles. The Labute approximate surface area is 87.3 Å². The van der Waals surface area contributed by atoms with Gasteiger partial charge >= 0.3 is 0 Å². The maximum Gasteiger partial charge on any atom is 0.164 e. The standard InChI is InChI=1S/C10H13FN2O2/c11-9-6-12-8(7-14)5-10(9)13-1-3-15-4-2-13/h5-6,14H,1-4,7H2. The van der Waals surface area contributed by atoms with E-state index in [1.165, 1.54) is 0 Å². The molecule has 0 radical (unpaired) electrons. The van der Waals surface area contributed by atoms with Crippen molar-refractivity contribution in [3.05, 3.63) is 23.8 Å². The highest BCUT2D eigenvalue weighted by Crippen LogP contribution is 2.20. The van der Waals surface area contributed by atoms with Crippen molar-refractivity contribution in [2.45, 2.75) is 6.61 Å². The van der Waals surface area contributed by atoms with Crippen LogP contribution in [0.2, 0.25) is 0 Å². The van der Waals surface area contributed by atoms with Crippen molar-refractivity contribution in [3.63, 3.8) is 0 Å². The molecule has 0 bridgehead atoms. The van der Waals surface area contributed by atoms with Crippen molar-refractivity contribution in [1.82, 2.24) is 4.98 Å². The number of rotatable bonds is 2. The monoisotopic (exact) mass is 212 g/mol. The third-order valence-electron chi connectivity index (χ3n) is 2.41. The van der Waals surface area contributed by atoms with Crippen LogP contribution in [0.1, 0.15) is 5.69 Å². The van der Waals surface area contributed by atoms with Gasteiger partial charge in [0.1, 0.15) is 0 Å². The van der Waals surface area contributed by atoms with Gasteiger partial charge in [-0.3, -0.25) is 4.98 Å². The smallest absolute Gasteiger partial charge is 0.164 e. The van der Waals surface area contributed by atoms with Crippen molar-refractivity contribution < 1.29 is 14.2 Å². The van der Waals surface area contributed by atoms with Gasteiger partial charge in [-0.2, -0.15) is 0 Å². The minimum absolute atomic E-state index is 0.169. The van der Waals surface area contributed by atoms with E-state index in [9.17, 15) is 4.39 Å². The van der Waals surface area contributed by atoms with Gasteiger partial charge in [0, 0.05) is 13.1 Å². The second kappa shape index (κ2) is 4.55. The normalized spacial score (nSPS) is 16.8. The summed E-state index contributed by atoms with van der Waals surface area (Å²) in [5.74, 6) is -0.353. The highest BCUT2D eigenvalue weighted by Gasteiger charge is 2.15. The van der Waals surface area contributed by atoms with Crippen LogP contribution < -0.4 is 4.90 Å². The molecule has 0 atom stereocenters. The van der Waals surface area contributed by atoms with Gasteiger partial charge in [-0.15, -0.1) is 0 Å². The summed E-state index contributed by atoms with van der Waals surface area (Å²) in [6, 6.07) is 1.58. The minimum atomic E-state index is -0.353. The molecule has 4 nitrogen and oxygen atoms in total. The number of pyridine rings is 1. The van der Waals surface area contributed by atoms with E-state index >= 15 is 0 Å². The number of anilines is 1. The van der Waals surface area contributed by atoms with E-state index in [1.807, 2.05) is 4.90 Å². The molecular formula is C10H13FN2O2. The fourth-order valence-electron chi connectivity index (χ4n) is 1.60. The Morgan fingerprint density at radius 3 is 2.87 bits per heavy atom. The van der Waals surface area contributed by atoms with Gasteiger partial charge in [-0.1, -0.05) is 0 Å². The molecule has 82 valence electrons. The lowest BCUT2D eigenvalue weighted by Crippen LogP contribution is -2.36. The zero-order valence-corrected chi connectivity index (χ0v) is 8.32. The Kier molecular flexibility index (Phi) is 3.13. The van der Waals surface area contributed by atoms with Crippen LogP contribution >= 0.6 is 0 Å². The Morgan fingerprint density at radius 2 is 2.20 bits per heavy atom. The Morgan fingerprint density at radius 1 is 1.47 bits per heavy atom. The largest absolute Gasteiger partial charge is 0.390 e. The SMILES string of the molecule is OCc1cc(N2CCOCC2)c(F)cn1. The van der Waals surface area contributed by atoms with Crippen LogP contribution in [0.3, 0.4) is 0 Å². The fraction of sp³-hybridized carbons (Fsp3) is 0.500. The van der Waals surface area contributed by atoms with Gasteiger partial charge < -0.3 is 14.7 Å². The number of halogens is 1. The van der Waals surface area contributed by atoms with E-state index in [4.69, 9.17) is 9.84 Å². The van der Waals surface area contributed by atoms with Crippen LogP contribution in [-0.2, 0) is 11.3 Å². The van der Waals surface area contributed by atoms with Gasteiger partial charge in [0.2, 0.25) is 0 Å². The molecule has 0 unspecified atom stereocenters. The van der Waals surface area contributed by atoms with E-state index in [2.05, 4.69) is 4.98 Å². The van der Waals surface area contributed by atoms with Crippen LogP contribution in [0.25, 0.3) is 0 Å². The number of hydrogen-bond acceptors (Lipinski definition) is 4. The van der Waals surface area contributed by atoms with Crippen LogP contribution in [-0.4, -0.2) is 36.4 Å². The molecule has 1 fully saturated rings. The van der Waals surface area contributed by atoms with Gasteiger partial charge in [0.25, 0.3) is 0 Å². The predicted octanol–water partition coefficient (Wildman–Crippen LogP) is 0.550. The van der Waals surface area contributed by atoms with Crippen LogP contribution in [0.4, 0.5) is 10.1 Å². The molecule has 1 aliphatic heterocycles. The first-order chi connectivity index (χ1) is 7.31. The molecule has 1 aromatic heterocycles. The fourth-order valence-corrected chi connectivity index (χ4v) is 1.60. The maximum absolute atomic E-state index is 13.5. The molecule has 0 aliphatic carbocycles. The lowest BCUT2D eigenvalue weighted by Gasteiger charge is -2.29. The zero-order chi connectivity index (χ0) is 10.7. The van der Waals surface area contributed by atoms with E-state index in [0.29, 0.717) is 37.7 Å². The first-order valence-electron chi connectivity index (χ1n) is 4.89. The molecular weight excluding hydrogens is 199 g/mol. The molecule has 1 N–H and O–H groups in total. The summed E-state index contributed by atoms with van der Waals surface area (Å²) in [4.78, 5) is 5.67. The summed E-state index contributed by atoms with van der Waals surface area (Å²) in [5.41, 5.74) is 0.982. The molecule has 1 aliphatic rings. The number of morpholine rings is 1. The van der Waals surface area contributed by atoms with Gasteiger partial charge in [-0.05, 0) is 6.07 Å². The molecule has 0 amide bonds. The van der Waals surface area contributed by atoms with Crippen molar-refractivity contribution in [2.75, 3.05) is 31.2 Å². The molecule has 0 saturated carbocycles. The van der Waals surface area contributed by atoms with E-state index in [-0.39, 0.29) is 12.4 Å². The molecule has 0 aromatic carbocycles. The van der Waals surface area contributed by atoms with Crippen molar-refractivity contribution in [1.29, 1.82) is 0 Å². The highest BCUT2D eigenvalue weighted by molar-refractivity contribution is 5.48. The van der Waals surface area contributed by atoms with Crippen molar-refractivity contribution in [2.24, 2.45) is 0 Å². The summed E-state index contributed by atoms with van der Waals surface area (Å²) in [5, 5.41) is 8.92. The molecule has 15 heavy (non-hydrogen) atoms. The Hall–Kier alpha value is -1.20.